The van der Waals surface area contributed by atoms with Crippen LogP contribution in [-0.4, -0.2) is 18.6 Å². The van der Waals surface area contributed by atoms with Crippen molar-refractivity contribution in [2.75, 3.05) is 6.54 Å². The number of amides is 1. The van der Waals surface area contributed by atoms with E-state index in [1.54, 1.807) is 6.92 Å². The number of nitrogens with one attached hydrogen (secondary N) is 1. The molecular weight excluding hydrogens is 264 g/mol. The van der Waals surface area contributed by atoms with Crippen molar-refractivity contribution in [3.8, 4) is 5.75 Å². The lowest BCUT2D eigenvalue weighted by molar-refractivity contribution is -0.127. The van der Waals surface area contributed by atoms with Crippen molar-refractivity contribution in [2.24, 2.45) is 11.7 Å². The maximum Gasteiger partial charge on any atom is 0.260 e. The van der Waals surface area contributed by atoms with Gasteiger partial charge < -0.3 is 15.8 Å². The summed E-state index contributed by atoms with van der Waals surface area (Å²) in [6.45, 7) is 6.76. The average molecular weight is 290 g/mol. The molecule has 0 radical (unpaired) electrons. The number of aryl methyl sites for hydroxylation is 1. The second-order valence-electron chi connectivity index (χ2n) is 6.24. The smallest absolute Gasteiger partial charge is 0.260 e. The van der Waals surface area contributed by atoms with E-state index < -0.39 is 6.10 Å². The molecule has 1 unspecified atom stereocenters. The molecule has 1 aromatic carbocycles. The Labute approximate surface area is 127 Å². The lowest BCUT2D eigenvalue weighted by Crippen LogP contribution is -2.37. The second kappa shape index (κ2) is 6.94. The summed E-state index contributed by atoms with van der Waals surface area (Å²) in [5, 5.41) is 2.91. The van der Waals surface area contributed by atoms with E-state index in [-0.39, 0.29) is 11.9 Å². The highest BCUT2D eigenvalue weighted by Crippen LogP contribution is 2.32. The summed E-state index contributed by atoms with van der Waals surface area (Å²) in [5.41, 5.74) is 8.47. The van der Waals surface area contributed by atoms with Gasteiger partial charge in [-0.2, -0.15) is 0 Å². The first-order valence-electron chi connectivity index (χ1n) is 7.80. The molecule has 0 saturated carbocycles. The molecule has 1 amide bonds. The van der Waals surface area contributed by atoms with Crippen LogP contribution in [0.1, 0.15) is 50.8 Å². The molecule has 0 aliphatic heterocycles. The SMILES string of the molecule is CC(C)CCNC(=O)C(C)Oc1ccc2c(c1)CC[C@@H]2N. The summed E-state index contributed by atoms with van der Waals surface area (Å²) < 4.78 is 5.74. The number of nitrogens with two attached hydrogens (primary N) is 1. The van der Waals surface area contributed by atoms with Crippen molar-refractivity contribution >= 4 is 5.91 Å². The van der Waals surface area contributed by atoms with Crippen molar-refractivity contribution in [3.05, 3.63) is 29.3 Å². The van der Waals surface area contributed by atoms with E-state index in [0.717, 1.165) is 25.0 Å². The zero-order valence-electron chi connectivity index (χ0n) is 13.2. The molecule has 3 N–H and O–H groups in total. The maximum absolute atomic E-state index is 12.0. The van der Waals surface area contributed by atoms with E-state index in [9.17, 15) is 4.79 Å². The molecule has 1 aliphatic carbocycles. The standard InChI is InChI=1S/C17H26N2O2/c1-11(2)8-9-19-17(20)12(3)21-14-5-6-15-13(10-14)4-7-16(15)18/h5-6,10-12,16H,4,7-9,18H2,1-3H3,(H,19,20)/t12?,16-/m0/s1. The Morgan fingerprint density at radius 3 is 2.90 bits per heavy atom. The minimum atomic E-state index is -0.481. The largest absolute Gasteiger partial charge is 0.481 e. The predicted molar refractivity (Wildman–Crippen MR) is 84.2 cm³/mol. The fourth-order valence-electron chi connectivity index (χ4n) is 2.59. The monoisotopic (exact) mass is 290 g/mol. The number of carbonyl (C=O) groups is 1. The van der Waals surface area contributed by atoms with E-state index in [1.165, 1.54) is 11.1 Å². The molecule has 21 heavy (non-hydrogen) atoms. The number of hydrogen-bond acceptors (Lipinski definition) is 3. The zero-order valence-corrected chi connectivity index (χ0v) is 13.2. The van der Waals surface area contributed by atoms with Gasteiger partial charge in [-0.25, -0.2) is 0 Å². The van der Waals surface area contributed by atoms with Gasteiger partial charge in [-0.3, -0.25) is 4.79 Å². The molecule has 4 nitrogen and oxygen atoms in total. The molecule has 0 saturated heterocycles. The van der Waals surface area contributed by atoms with Crippen LogP contribution in [0, 0.1) is 5.92 Å². The van der Waals surface area contributed by atoms with Crippen LogP contribution in [0.2, 0.25) is 0 Å². The lowest BCUT2D eigenvalue weighted by atomic mass is 10.1. The molecule has 0 heterocycles. The van der Waals surface area contributed by atoms with Crippen molar-refractivity contribution in [1.82, 2.24) is 5.32 Å². The average Bonchev–Trinajstić information content (AvgIpc) is 2.79. The number of hydrogen-bond donors (Lipinski definition) is 2. The fraction of sp³-hybridized carbons (Fsp3) is 0.588. The van der Waals surface area contributed by atoms with Gasteiger partial charge in [0, 0.05) is 12.6 Å². The van der Waals surface area contributed by atoms with E-state index in [4.69, 9.17) is 10.5 Å². The summed E-state index contributed by atoms with van der Waals surface area (Å²) in [7, 11) is 0. The van der Waals surface area contributed by atoms with Crippen LogP contribution in [0.15, 0.2) is 18.2 Å². The van der Waals surface area contributed by atoms with Gasteiger partial charge in [0.25, 0.3) is 5.91 Å². The van der Waals surface area contributed by atoms with Gasteiger partial charge in [0.15, 0.2) is 6.10 Å². The topological polar surface area (TPSA) is 64.3 Å². The fourth-order valence-corrected chi connectivity index (χ4v) is 2.59. The summed E-state index contributed by atoms with van der Waals surface area (Å²) in [6, 6.07) is 6.08. The maximum atomic E-state index is 12.0. The highest BCUT2D eigenvalue weighted by molar-refractivity contribution is 5.80. The van der Waals surface area contributed by atoms with Gasteiger partial charge >= 0.3 is 0 Å². The van der Waals surface area contributed by atoms with Gasteiger partial charge in [0.2, 0.25) is 0 Å². The summed E-state index contributed by atoms with van der Waals surface area (Å²) >= 11 is 0. The molecule has 0 bridgehead atoms. The van der Waals surface area contributed by atoms with Crippen LogP contribution in [-0.2, 0) is 11.2 Å². The Kier molecular flexibility index (Phi) is 5.23. The lowest BCUT2D eigenvalue weighted by Gasteiger charge is -2.16. The minimum absolute atomic E-state index is 0.0622. The molecule has 2 rings (SSSR count). The third-order valence-corrected chi connectivity index (χ3v) is 3.94. The zero-order chi connectivity index (χ0) is 15.4. The van der Waals surface area contributed by atoms with E-state index in [2.05, 4.69) is 19.2 Å². The van der Waals surface area contributed by atoms with Gasteiger partial charge in [0.1, 0.15) is 5.75 Å². The van der Waals surface area contributed by atoms with Gasteiger partial charge in [-0.1, -0.05) is 19.9 Å². The Morgan fingerprint density at radius 2 is 2.19 bits per heavy atom. The quantitative estimate of drug-likeness (QED) is 0.846. The van der Waals surface area contributed by atoms with Crippen LogP contribution in [0.3, 0.4) is 0 Å². The molecule has 1 aliphatic rings. The number of fused-ring (bicyclic) bond motifs is 1. The normalized spacial score (nSPS) is 18.4. The summed E-state index contributed by atoms with van der Waals surface area (Å²) in [4.78, 5) is 12.0. The predicted octanol–water partition coefficient (Wildman–Crippen LogP) is 2.56. The molecule has 0 aromatic heterocycles. The van der Waals surface area contributed by atoms with E-state index >= 15 is 0 Å². The Balaban J connectivity index is 1.88. The van der Waals surface area contributed by atoms with Gasteiger partial charge in [0.05, 0.1) is 0 Å². The number of ether oxygens (including phenoxy) is 1. The molecule has 0 spiro atoms. The molecule has 1 aromatic rings. The Hall–Kier alpha value is -1.55. The molecular formula is C17H26N2O2. The second-order valence-corrected chi connectivity index (χ2v) is 6.24. The van der Waals surface area contributed by atoms with Gasteiger partial charge in [-0.15, -0.1) is 0 Å². The van der Waals surface area contributed by atoms with Gasteiger partial charge in [-0.05, 0) is 55.4 Å². The van der Waals surface area contributed by atoms with E-state index in [0.29, 0.717) is 12.5 Å². The Bertz CT molecular complexity index is 500. The molecule has 0 fully saturated rings. The number of carbonyl (C=O) groups excluding carboxylic acids is 1. The minimum Gasteiger partial charge on any atom is -0.481 e. The first-order chi connectivity index (χ1) is 9.97. The molecule has 116 valence electrons. The van der Waals surface area contributed by atoms with Crippen LogP contribution < -0.4 is 15.8 Å². The first kappa shape index (κ1) is 15.8. The Morgan fingerprint density at radius 1 is 1.43 bits per heavy atom. The van der Waals surface area contributed by atoms with Crippen molar-refractivity contribution < 1.29 is 9.53 Å². The van der Waals surface area contributed by atoms with Crippen molar-refractivity contribution in [3.63, 3.8) is 0 Å². The van der Waals surface area contributed by atoms with Crippen LogP contribution in [0.25, 0.3) is 0 Å². The van der Waals surface area contributed by atoms with Crippen LogP contribution in [0.4, 0.5) is 0 Å². The van der Waals surface area contributed by atoms with Crippen molar-refractivity contribution in [2.45, 2.75) is 52.2 Å². The van der Waals surface area contributed by atoms with Crippen molar-refractivity contribution in [1.29, 1.82) is 0 Å². The highest BCUT2D eigenvalue weighted by Gasteiger charge is 2.20. The first-order valence-corrected chi connectivity index (χ1v) is 7.80. The highest BCUT2D eigenvalue weighted by atomic mass is 16.5. The number of benzene rings is 1. The number of rotatable bonds is 6. The summed E-state index contributed by atoms with van der Waals surface area (Å²) in [6.07, 6.45) is 2.48. The van der Waals surface area contributed by atoms with Crippen LogP contribution >= 0.6 is 0 Å². The van der Waals surface area contributed by atoms with E-state index in [1.807, 2.05) is 18.2 Å². The molecule has 2 atom stereocenters. The van der Waals surface area contributed by atoms with Crippen LogP contribution in [0.5, 0.6) is 5.75 Å². The summed E-state index contributed by atoms with van der Waals surface area (Å²) in [5.74, 6) is 1.27. The molecule has 4 heteroatoms. The third-order valence-electron chi connectivity index (χ3n) is 3.94. The third kappa shape index (κ3) is 4.21.